The third-order valence-corrected chi connectivity index (χ3v) is 8.48. The molecule has 4 aliphatic rings. The monoisotopic (exact) mass is 477 g/mol. The summed E-state index contributed by atoms with van der Waals surface area (Å²) in [5.74, 6) is 1.83. The Kier molecular flexibility index (Phi) is 5.00. The van der Waals surface area contributed by atoms with Gasteiger partial charge in [-0.3, -0.25) is 9.69 Å². The molecule has 0 saturated carbocycles. The number of likely N-dealkylation sites (tertiary alicyclic amines) is 1. The summed E-state index contributed by atoms with van der Waals surface area (Å²) in [5.41, 5.74) is 4.03. The lowest BCUT2D eigenvalue weighted by Gasteiger charge is -2.34. The van der Waals surface area contributed by atoms with Crippen molar-refractivity contribution in [2.24, 2.45) is 11.8 Å². The van der Waals surface area contributed by atoms with Crippen molar-refractivity contribution in [2.75, 3.05) is 13.3 Å². The molecule has 3 aromatic rings. The lowest BCUT2D eigenvalue weighted by atomic mass is 9.80. The number of rotatable bonds is 4. The molecule has 0 aromatic heterocycles. The highest BCUT2D eigenvalue weighted by Crippen LogP contribution is 2.59. The van der Waals surface area contributed by atoms with E-state index in [9.17, 15) is 10.1 Å². The summed E-state index contributed by atoms with van der Waals surface area (Å²) in [6.07, 6.45) is 2.26. The first-order valence-electron chi connectivity index (χ1n) is 12.7. The van der Waals surface area contributed by atoms with Crippen LogP contribution < -0.4 is 9.47 Å². The van der Waals surface area contributed by atoms with Crippen molar-refractivity contribution < 1.29 is 14.3 Å². The number of hydrogen-bond donors (Lipinski definition) is 0. The molecule has 5 atom stereocenters. The maximum absolute atomic E-state index is 14.3. The van der Waals surface area contributed by atoms with E-state index in [0.717, 1.165) is 42.0 Å². The largest absolute Gasteiger partial charge is 0.454 e. The summed E-state index contributed by atoms with van der Waals surface area (Å²) in [6, 6.07) is 27.0. The van der Waals surface area contributed by atoms with Crippen molar-refractivity contribution >= 4 is 5.91 Å². The van der Waals surface area contributed by atoms with Gasteiger partial charge in [0.1, 0.15) is 0 Å². The Morgan fingerprint density at radius 1 is 0.917 bits per heavy atom. The van der Waals surface area contributed by atoms with Crippen LogP contribution in [-0.2, 0) is 11.3 Å². The van der Waals surface area contributed by atoms with Crippen LogP contribution in [-0.4, -0.2) is 35.1 Å². The van der Waals surface area contributed by atoms with Crippen LogP contribution in [0.4, 0.5) is 0 Å². The Balaban J connectivity index is 1.31. The van der Waals surface area contributed by atoms with Gasteiger partial charge in [0.05, 0.1) is 23.6 Å². The van der Waals surface area contributed by atoms with Crippen LogP contribution in [0.25, 0.3) is 0 Å². The zero-order chi connectivity index (χ0) is 24.2. The van der Waals surface area contributed by atoms with Gasteiger partial charge in [0.15, 0.2) is 11.5 Å². The smallest absolute Gasteiger partial charge is 0.231 e. The minimum Gasteiger partial charge on any atom is -0.454 e. The SMILES string of the molecule is N#Cc1ccc(C2C3C(=O)N(Cc4ccc5c(c4)OCO5)C(c4ccccc4)C3C3CCCN32)cc1. The Labute approximate surface area is 210 Å². The van der Waals surface area contributed by atoms with Gasteiger partial charge in [0.25, 0.3) is 0 Å². The molecule has 6 nitrogen and oxygen atoms in total. The molecule has 180 valence electrons. The van der Waals surface area contributed by atoms with Gasteiger partial charge in [-0.15, -0.1) is 0 Å². The maximum Gasteiger partial charge on any atom is 0.231 e. The average molecular weight is 478 g/mol. The van der Waals surface area contributed by atoms with E-state index in [2.05, 4.69) is 40.1 Å². The van der Waals surface area contributed by atoms with Crippen molar-refractivity contribution in [3.8, 4) is 17.6 Å². The van der Waals surface area contributed by atoms with Gasteiger partial charge in [0, 0.05) is 24.5 Å². The standard InChI is InChI=1S/C30H27N3O3/c31-16-19-8-11-22(12-9-19)29-27-26(23-7-4-14-32(23)29)28(21-5-2-1-3-6-21)33(30(27)34)17-20-10-13-24-25(15-20)36-18-35-24/h1-3,5-6,8-13,15,23,26-29H,4,7,14,17-18H2. The molecular formula is C30H27N3O3. The number of carbonyl (C=O) groups excluding carboxylic acids is 1. The lowest BCUT2D eigenvalue weighted by Crippen LogP contribution is -2.37. The highest BCUT2D eigenvalue weighted by Gasteiger charge is 2.62. The summed E-state index contributed by atoms with van der Waals surface area (Å²) in [4.78, 5) is 19.0. The molecule has 4 heterocycles. The summed E-state index contributed by atoms with van der Waals surface area (Å²) >= 11 is 0. The molecule has 3 fully saturated rings. The quantitative estimate of drug-likeness (QED) is 0.539. The third kappa shape index (κ3) is 3.23. The minimum atomic E-state index is -0.109. The second-order valence-corrected chi connectivity index (χ2v) is 10.2. The molecule has 0 bridgehead atoms. The Hall–Kier alpha value is -3.82. The van der Waals surface area contributed by atoms with Crippen LogP contribution in [0.15, 0.2) is 72.8 Å². The number of fused-ring (bicyclic) bond motifs is 4. The number of ether oxygens (including phenoxy) is 2. The van der Waals surface area contributed by atoms with Crippen molar-refractivity contribution in [1.82, 2.24) is 9.80 Å². The normalized spacial score (nSPS) is 28.2. The van der Waals surface area contributed by atoms with E-state index >= 15 is 0 Å². The number of nitriles is 1. The van der Waals surface area contributed by atoms with Crippen LogP contribution in [0.1, 0.15) is 47.2 Å². The second-order valence-electron chi connectivity index (χ2n) is 10.2. The summed E-state index contributed by atoms with van der Waals surface area (Å²) < 4.78 is 11.1. The van der Waals surface area contributed by atoms with Crippen molar-refractivity contribution in [3.63, 3.8) is 0 Å². The number of hydrogen-bond acceptors (Lipinski definition) is 5. The van der Waals surface area contributed by atoms with E-state index < -0.39 is 0 Å². The lowest BCUT2D eigenvalue weighted by molar-refractivity contribution is -0.134. The van der Waals surface area contributed by atoms with Gasteiger partial charge in [-0.25, -0.2) is 0 Å². The van der Waals surface area contributed by atoms with Gasteiger partial charge < -0.3 is 14.4 Å². The minimum absolute atomic E-state index is 0.0168. The Morgan fingerprint density at radius 3 is 2.50 bits per heavy atom. The molecule has 3 saturated heterocycles. The number of nitrogens with zero attached hydrogens (tertiary/aromatic N) is 3. The maximum atomic E-state index is 14.3. The first kappa shape index (κ1) is 21.5. The summed E-state index contributed by atoms with van der Waals surface area (Å²) in [5, 5.41) is 9.29. The predicted molar refractivity (Wildman–Crippen MR) is 133 cm³/mol. The van der Waals surface area contributed by atoms with Crippen LogP contribution >= 0.6 is 0 Å². The molecule has 4 aliphatic heterocycles. The fourth-order valence-corrected chi connectivity index (χ4v) is 7.09. The third-order valence-electron chi connectivity index (χ3n) is 8.48. The highest BCUT2D eigenvalue weighted by molar-refractivity contribution is 5.84. The first-order valence-corrected chi connectivity index (χ1v) is 12.7. The Bertz CT molecular complexity index is 1350. The molecule has 0 aliphatic carbocycles. The fraction of sp³-hybridized carbons (Fsp3) is 0.333. The van der Waals surface area contributed by atoms with Gasteiger partial charge >= 0.3 is 0 Å². The molecular weight excluding hydrogens is 450 g/mol. The van der Waals surface area contributed by atoms with E-state index in [4.69, 9.17) is 9.47 Å². The predicted octanol–water partition coefficient (Wildman–Crippen LogP) is 4.82. The molecule has 0 N–H and O–H groups in total. The molecule has 5 unspecified atom stereocenters. The van der Waals surface area contributed by atoms with Gasteiger partial charge in [-0.05, 0) is 60.3 Å². The fourth-order valence-electron chi connectivity index (χ4n) is 7.09. The molecule has 1 amide bonds. The molecule has 0 radical (unpaired) electrons. The average Bonchev–Trinajstić information content (AvgIpc) is 3.68. The zero-order valence-corrected chi connectivity index (χ0v) is 19.9. The molecule has 7 rings (SSSR count). The molecule has 3 aromatic carbocycles. The van der Waals surface area contributed by atoms with Gasteiger partial charge in [-0.1, -0.05) is 48.5 Å². The van der Waals surface area contributed by atoms with Crippen molar-refractivity contribution in [3.05, 3.63) is 95.1 Å². The van der Waals surface area contributed by atoms with E-state index in [1.807, 2.05) is 48.5 Å². The Morgan fingerprint density at radius 2 is 1.69 bits per heavy atom. The zero-order valence-electron chi connectivity index (χ0n) is 19.9. The number of benzene rings is 3. The van der Waals surface area contributed by atoms with Crippen LogP contribution in [0.2, 0.25) is 0 Å². The van der Waals surface area contributed by atoms with Crippen LogP contribution in [0.5, 0.6) is 11.5 Å². The molecule has 6 heteroatoms. The van der Waals surface area contributed by atoms with E-state index in [-0.39, 0.29) is 36.6 Å². The molecule has 36 heavy (non-hydrogen) atoms. The summed E-state index contributed by atoms with van der Waals surface area (Å²) in [7, 11) is 0. The van der Waals surface area contributed by atoms with Gasteiger partial charge in [0.2, 0.25) is 12.7 Å². The van der Waals surface area contributed by atoms with Gasteiger partial charge in [-0.2, -0.15) is 5.26 Å². The van der Waals surface area contributed by atoms with E-state index in [1.165, 1.54) is 5.56 Å². The summed E-state index contributed by atoms with van der Waals surface area (Å²) in [6.45, 7) is 1.79. The van der Waals surface area contributed by atoms with E-state index in [1.54, 1.807) is 0 Å². The van der Waals surface area contributed by atoms with Crippen molar-refractivity contribution in [1.29, 1.82) is 5.26 Å². The van der Waals surface area contributed by atoms with Crippen LogP contribution in [0, 0.1) is 23.2 Å². The topological polar surface area (TPSA) is 65.8 Å². The van der Waals surface area contributed by atoms with Crippen molar-refractivity contribution in [2.45, 2.75) is 37.5 Å². The second kappa shape index (κ2) is 8.39. The number of amides is 1. The highest BCUT2D eigenvalue weighted by atomic mass is 16.7. The molecule has 0 spiro atoms. The first-order chi connectivity index (χ1) is 17.7. The number of carbonyl (C=O) groups is 1. The van der Waals surface area contributed by atoms with E-state index in [0.29, 0.717) is 18.2 Å². The van der Waals surface area contributed by atoms with Crippen LogP contribution in [0.3, 0.4) is 0 Å².